The van der Waals surface area contributed by atoms with E-state index in [0.29, 0.717) is 19.3 Å². The Morgan fingerprint density at radius 2 is 0.796 bits per heavy atom. The molecule has 0 rings (SSSR count). The summed E-state index contributed by atoms with van der Waals surface area (Å²) >= 11 is 0. The van der Waals surface area contributed by atoms with Crippen molar-refractivity contribution in [1.82, 2.24) is 0 Å². The number of hydrogen-bond acceptors (Lipinski definition) is 6. The van der Waals surface area contributed by atoms with E-state index in [1.165, 1.54) is 57.8 Å². The van der Waals surface area contributed by atoms with E-state index in [2.05, 4.69) is 93.7 Å². The Morgan fingerprint density at radius 3 is 1.35 bits per heavy atom. The average molecular weight is 753 g/mol. The van der Waals surface area contributed by atoms with Crippen molar-refractivity contribution in [3.63, 3.8) is 0 Å². The van der Waals surface area contributed by atoms with E-state index < -0.39 is 6.10 Å². The van der Waals surface area contributed by atoms with E-state index in [0.717, 1.165) is 89.9 Å². The van der Waals surface area contributed by atoms with Gasteiger partial charge < -0.3 is 14.2 Å². The fourth-order valence-corrected chi connectivity index (χ4v) is 5.72. The predicted molar refractivity (Wildman–Crippen MR) is 228 cm³/mol. The molecule has 0 fully saturated rings. The number of hydrogen-bond donors (Lipinski definition) is 0. The molecule has 6 nitrogen and oxygen atoms in total. The van der Waals surface area contributed by atoms with Crippen molar-refractivity contribution < 1.29 is 28.6 Å². The summed E-state index contributed by atoms with van der Waals surface area (Å²) in [5, 5.41) is 0. The van der Waals surface area contributed by atoms with Gasteiger partial charge in [-0.15, -0.1) is 0 Å². The highest BCUT2D eigenvalue weighted by Crippen LogP contribution is 2.13. The van der Waals surface area contributed by atoms with Gasteiger partial charge in [-0.1, -0.05) is 177 Å². The summed E-state index contributed by atoms with van der Waals surface area (Å²) in [7, 11) is 0. The van der Waals surface area contributed by atoms with Crippen molar-refractivity contribution in [2.24, 2.45) is 0 Å². The van der Waals surface area contributed by atoms with Crippen LogP contribution in [0.2, 0.25) is 0 Å². The third-order valence-corrected chi connectivity index (χ3v) is 9.04. The van der Waals surface area contributed by atoms with Crippen molar-refractivity contribution in [2.45, 2.75) is 200 Å². The minimum Gasteiger partial charge on any atom is -0.462 e. The van der Waals surface area contributed by atoms with Crippen molar-refractivity contribution in [1.29, 1.82) is 0 Å². The third-order valence-electron chi connectivity index (χ3n) is 9.04. The minimum atomic E-state index is -0.796. The first-order valence-electron chi connectivity index (χ1n) is 22.0. The number of carbonyl (C=O) groups excluding carboxylic acids is 3. The minimum absolute atomic E-state index is 0.0965. The normalized spacial score (nSPS) is 12.7. The number of ether oxygens (including phenoxy) is 3. The molecule has 0 spiro atoms. The molecule has 0 heterocycles. The Morgan fingerprint density at radius 1 is 0.407 bits per heavy atom. The first-order valence-corrected chi connectivity index (χ1v) is 22.0. The third kappa shape index (κ3) is 40.0. The van der Waals surface area contributed by atoms with E-state index in [1.807, 2.05) is 0 Å². The number of carbonyl (C=O) groups is 3. The van der Waals surface area contributed by atoms with E-state index in [-0.39, 0.29) is 37.5 Å². The molecule has 0 aromatic carbocycles. The Hall–Kier alpha value is -3.15. The molecule has 54 heavy (non-hydrogen) atoms. The van der Waals surface area contributed by atoms with Crippen molar-refractivity contribution in [2.75, 3.05) is 13.2 Å². The first-order chi connectivity index (χ1) is 26.5. The van der Waals surface area contributed by atoms with Crippen LogP contribution in [0.25, 0.3) is 0 Å². The molecule has 1 unspecified atom stereocenters. The van der Waals surface area contributed by atoms with Crippen LogP contribution in [0.4, 0.5) is 0 Å². The van der Waals surface area contributed by atoms with Crippen LogP contribution in [0, 0.1) is 0 Å². The molecule has 0 aliphatic rings. The zero-order chi connectivity index (χ0) is 39.4. The Kier molecular flexibility index (Phi) is 40.1. The van der Waals surface area contributed by atoms with Gasteiger partial charge in [-0.05, 0) is 70.6 Å². The van der Waals surface area contributed by atoms with Crippen molar-refractivity contribution in [3.05, 3.63) is 72.9 Å². The van der Waals surface area contributed by atoms with Gasteiger partial charge >= 0.3 is 17.9 Å². The second kappa shape index (κ2) is 42.6. The van der Waals surface area contributed by atoms with Crippen molar-refractivity contribution >= 4 is 17.9 Å². The Bertz CT molecular complexity index is 1050. The fraction of sp³-hybridized carbons (Fsp3) is 0.688. The molecular weight excluding hydrogens is 673 g/mol. The smallest absolute Gasteiger partial charge is 0.306 e. The summed E-state index contributed by atoms with van der Waals surface area (Å²) in [6, 6.07) is 0. The van der Waals surface area contributed by atoms with Gasteiger partial charge in [0.2, 0.25) is 0 Å². The standard InChI is InChI=1S/C48H80O6/c1-4-7-10-13-16-19-20-21-22-23-24-25-26-27-30-32-35-38-41-47(50)53-44-45(54-48(51)42-39-36-33-29-18-15-12-9-6-3)43-52-46(49)40-37-34-31-28-17-14-11-8-5-2/h9,12,16,18-25,29,45H,4-8,10-11,13-15,17,26-28,30-44H2,1-3H3/b12-9-,19-16-,21-20-,23-22-,25-24-,29-18-. The summed E-state index contributed by atoms with van der Waals surface area (Å²) in [4.78, 5) is 37.5. The van der Waals surface area contributed by atoms with Crippen LogP contribution in [-0.4, -0.2) is 37.2 Å². The zero-order valence-electron chi connectivity index (χ0n) is 35.0. The molecule has 6 heteroatoms. The molecule has 0 aliphatic carbocycles. The molecule has 0 saturated carbocycles. The molecule has 0 aromatic rings. The van der Waals surface area contributed by atoms with Gasteiger partial charge in [-0.3, -0.25) is 14.4 Å². The van der Waals surface area contributed by atoms with Gasteiger partial charge in [-0.2, -0.15) is 0 Å². The van der Waals surface area contributed by atoms with E-state index >= 15 is 0 Å². The summed E-state index contributed by atoms with van der Waals surface area (Å²) in [6.45, 7) is 6.38. The Balaban J connectivity index is 4.39. The largest absolute Gasteiger partial charge is 0.462 e. The van der Waals surface area contributed by atoms with Gasteiger partial charge in [-0.25, -0.2) is 0 Å². The maximum absolute atomic E-state index is 12.6. The molecule has 0 radical (unpaired) electrons. The average Bonchev–Trinajstić information content (AvgIpc) is 3.17. The molecule has 0 aromatic heterocycles. The monoisotopic (exact) mass is 753 g/mol. The zero-order valence-corrected chi connectivity index (χ0v) is 35.0. The van der Waals surface area contributed by atoms with E-state index in [9.17, 15) is 14.4 Å². The predicted octanol–water partition coefficient (Wildman–Crippen LogP) is 13.9. The highest BCUT2D eigenvalue weighted by molar-refractivity contribution is 5.71. The molecule has 1 atom stereocenters. The van der Waals surface area contributed by atoms with Crippen molar-refractivity contribution in [3.8, 4) is 0 Å². The molecular formula is C48H80O6. The topological polar surface area (TPSA) is 78.9 Å². The molecule has 308 valence electrons. The highest BCUT2D eigenvalue weighted by Gasteiger charge is 2.19. The lowest BCUT2D eigenvalue weighted by Crippen LogP contribution is -2.30. The van der Waals surface area contributed by atoms with Crippen LogP contribution < -0.4 is 0 Å². The quantitative estimate of drug-likeness (QED) is 0.0205. The van der Waals surface area contributed by atoms with Crippen LogP contribution in [0.1, 0.15) is 194 Å². The van der Waals surface area contributed by atoms with Crippen LogP contribution >= 0.6 is 0 Å². The summed E-state index contributed by atoms with van der Waals surface area (Å²) < 4.78 is 16.6. The number of rotatable bonds is 38. The molecule has 0 amide bonds. The lowest BCUT2D eigenvalue weighted by molar-refractivity contribution is -0.167. The van der Waals surface area contributed by atoms with Crippen LogP contribution in [0.15, 0.2) is 72.9 Å². The van der Waals surface area contributed by atoms with Crippen LogP contribution in [0.3, 0.4) is 0 Å². The van der Waals surface area contributed by atoms with Gasteiger partial charge in [0.05, 0.1) is 0 Å². The lowest BCUT2D eigenvalue weighted by Gasteiger charge is -2.18. The second-order valence-corrected chi connectivity index (χ2v) is 14.3. The first kappa shape index (κ1) is 50.9. The number of allylic oxidation sites excluding steroid dienone is 12. The molecule has 0 aliphatic heterocycles. The van der Waals surface area contributed by atoms with E-state index in [4.69, 9.17) is 14.2 Å². The molecule has 0 saturated heterocycles. The molecule has 0 N–H and O–H groups in total. The summed E-state index contributed by atoms with van der Waals surface area (Å²) in [5.41, 5.74) is 0. The Labute approximate surface area is 332 Å². The van der Waals surface area contributed by atoms with Gasteiger partial charge in [0, 0.05) is 19.3 Å². The van der Waals surface area contributed by atoms with Crippen LogP contribution in [-0.2, 0) is 28.6 Å². The summed E-state index contributed by atoms with van der Waals surface area (Å²) in [5.74, 6) is -0.968. The number of unbranched alkanes of at least 4 members (excludes halogenated alkanes) is 18. The van der Waals surface area contributed by atoms with E-state index in [1.54, 1.807) is 0 Å². The second-order valence-electron chi connectivity index (χ2n) is 14.3. The highest BCUT2D eigenvalue weighted by atomic mass is 16.6. The lowest BCUT2D eigenvalue weighted by atomic mass is 10.1. The summed E-state index contributed by atoms with van der Waals surface area (Å²) in [6.07, 6.45) is 51.8. The SMILES string of the molecule is CC/C=C\C/C=C\CCCCC(=O)OC(COC(=O)CCCCCCC\C=C/C=C\C=C/C=C\CCCCC)COC(=O)CCCCCCCCCCC. The van der Waals surface area contributed by atoms with Crippen LogP contribution in [0.5, 0.6) is 0 Å². The maximum Gasteiger partial charge on any atom is 0.306 e. The van der Waals surface area contributed by atoms with Gasteiger partial charge in [0.1, 0.15) is 13.2 Å². The van der Waals surface area contributed by atoms with Gasteiger partial charge in [0.25, 0.3) is 0 Å². The fourth-order valence-electron chi connectivity index (χ4n) is 5.72. The van der Waals surface area contributed by atoms with Gasteiger partial charge in [0.15, 0.2) is 6.10 Å². The molecule has 0 bridgehead atoms. The number of esters is 3. The maximum atomic E-state index is 12.6.